The van der Waals surface area contributed by atoms with E-state index in [2.05, 4.69) is 10.3 Å². The fraction of sp³-hybridized carbons (Fsp3) is 0.200. The van der Waals surface area contributed by atoms with Gasteiger partial charge in [0.15, 0.2) is 0 Å². The van der Waals surface area contributed by atoms with Gasteiger partial charge in [0.05, 0.1) is 14.2 Å². The normalized spacial score (nSPS) is 15.0. The van der Waals surface area contributed by atoms with E-state index in [1.165, 1.54) is 6.07 Å². The minimum Gasteiger partial charge on any atom is -0.497 e. The Morgan fingerprint density at radius 3 is 2.65 bits per heavy atom. The van der Waals surface area contributed by atoms with Gasteiger partial charge in [0.1, 0.15) is 28.8 Å². The van der Waals surface area contributed by atoms with E-state index in [1.807, 2.05) is 0 Å². The molecule has 0 saturated carbocycles. The molecule has 0 radical (unpaired) electrons. The Kier molecular flexibility index (Phi) is 5.31. The molecule has 1 amide bonds. The van der Waals surface area contributed by atoms with E-state index < -0.39 is 0 Å². The molecule has 0 spiro atoms. The van der Waals surface area contributed by atoms with E-state index in [0.29, 0.717) is 41.3 Å². The van der Waals surface area contributed by atoms with Crippen LogP contribution in [0.1, 0.15) is 17.5 Å². The first-order valence-corrected chi connectivity index (χ1v) is 8.16. The average Bonchev–Trinajstić information content (AvgIpc) is 3.00. The highest BCUT2D eigenvalue weighted by atomic mass is 19.1. The van der Waals surface area contributed by atoms with Crippen molar-refractivity contribution in [2.75, 3.05) is 14.2 Å². The van der Waals surface area contributed by atoms with Crippen molar-refractivity contribution >= 4 is 17.8 Å². The minimum atomic E-state index is -0.293. The standard InChI is InChI=1S/C20H19FN2O3/c1-25-15-8-9-18(26-2)14(11-15)12-17-20(24)23-19(22-17)10-7-13-5-3-4-6-16(13)21/h3-6,8-9,11-12H,7,10H2,1-2H3,(H,22,23,24)/b17-12-. The van der Waals surface area contributed by atoms with Gasteiger partial charge in [0, 0.05) is 12.0 Å². The van der Waals surface area contributed by atoms with Crippen molar-refractivity contribution in [1.29, 1.82) is 0 Å². The largest absolute Gasteiger partial charge is 0.497 e. The van der Waals surface area contributed by atoms with E-state index in [0.717, 1.165) is 0 Å². The Hall–Kier alpha value is -3.15. The molecular weight excluding hydrogens is 335 g/mol. The number of hydrogen-bond donors (Lipinski definition) is 1. The molecule has 0 aliphatic carbocycles. The number of carbonyl (C=O) groups excluding carboxylic acids is 1. The second kappa shape index (κ2) is 7.82. The third-order valence-corrected chi connectivity index (χ3v) is 4.06. The number of nitrogens with zero attached hydrogens (tertiary/aromatic N) is 1. The van der Waals surface area contributed by atoms with Crippen LogP contribution in [-0.4, -0.2) is 26.0 Å². The summed E-state index contributed by atoms with van der Waals surface area (Å²) < 4.78 is 24.2. The predicted octanol–water partition coefficient (Wildman–Crippen LogP) is 3.34. The number of aliphatic imine (C=N–C) groups is 1. The lowest BCUT2D eigenvalue weighted by Crippen LogP contribution is -2.24. The highest BCUT2D eigenvalue weighted by molar-refractivity contribution is 6.14. The first kappa shape index (κ1) is 17.7. The van der Waals surface area contributed by atoms with Crippen LogP contribution in [0.25, 0.3) is 6.08 Å². The summed E-state index contributed by atoms with van der Waals surface area (Å²) in [4.78, 5) is 16.5. The summed E-state index contributed by atoms with van der Waals surface area (Å²) in [6.07, 6.45) is 2.55. The monoisotopic (exact) mass is 354 g/mol. The maximum Gasteiger partial charge on any atom is 0.275 e. The number of aryl methyl sites for hydroxylation is 1. The van der Waals surface area contributed by atoms with Gasteiger partial charge in [-0.05, 0) is 42.3 Å². The van der Waals surface area contributed by atoms with Gasteiger partial charge < -0.3 is 14.8 Å². The summed E-state index contributed by atoms with van der Waals surface area (Å²) in [6, 6.07) is 11.9. The molecule has 1 heterocycles. The maximum absolute atomic E-state index is 13.7. The van der Waals surface area contributed by atoms with Gasteiger partial charge in [0.2, 0.25) is 0 Å². The predicted molar refractivity (Wildman–Crippen MR) is 97.8 cm³/mol. The van der Waals surface area contributed by atoms with E-state index in [4.69, 9.17) is 9.47 Å². The Morgan fingerprint density at radius 1 is 1.12 bits per heavy atom. The van der Waals surface area contributed by atoms with Crippen molar-refractivity contribution in [2.24, 2.45) is 4.99 Å². The number of ether oxygens (including phenoxy) is 2. The Balaban J connectivity index is 1.79. The average molecular weight is 354 g/mol. The van der Waals surface area contributed by atoms with Gasteiger partial charge in [-0.3, -0.25) is 4.79 Å². The fourth-order valence-electron chi connectivity index (χ4n) is 2.69. The Bertz CT molecular complexity index is 890. The number of nitrogens with one attached hydrogen (secondary N) is 1. The van der Waals surface area contributed by atoms with Crippen LogP contribution in [0, 0.1) is 5.82 Å². The third-order valence-electron chi connectivity index (χ3n) is 4.06. The van der Waals surface area contributed by atoms with E-state index in [9.17, 15) is 9.18 Å². The van der Waals surface area contributed by atoms with Crippen LogP contribution in [0.3, 0.4) is 0 Å². The molecule has 0 fully saturated rings. The van der Waals surface area contributed by atoms with Crippen molar-refractivity contribution in [2.45, 2.75) is 12.8 Å². The molecule has 1 aliphatic rings. The van der Waals surface area contributed by atoms with E-state index in [-0.39, 0.29) is 17.4 Å². The summed E-state index contributed by atoms with van der Waals surface area (Å²) in [6.45, 7) is 0. The van der Waals surface area contributed by atoms with Crippen LogP contribution in [-0.2, 0) is 11.2 Å². The van der Waals surface area contributed by atoms with Gasteiger partial charge >= 0.3 is 0 Å². The van der Waals surface area contributed by atoms with Crippen molar-refractivity contribution in [3.8, 4) is 11.5 Å². The zero-order valence-electron chi connectivity index (χ0n) is 14.6. The highest BCUT2D eigenvalue weighted by Gasteiger charge is 2.20. The van der Waals surface area contributed by atoms with Gasteiger partial charge in [-0.1, -0.05) is 18.2 Å². The number of amidine groups is 1. The number of methoxy groups -OCH3 is 2. The number of carbonyl (C=O) groups is 1. The molecule has 5 nitrogen and oxygen atoms in total. The van der Waals surface area contributed by atoms with Crippen molar-refractivity contribution in [3.05, 3.63) is 65.1 Å². The van der Waals surface area contributed by atoms with Crippen LogP contribution in [0.15, 0.2) is 53.2 Å². The molecular formula is C20H19FN2O3. The molecule has 0 unspecified atom stereocenters. The molecule has 1 aliphatic heterocycles. The van der Waals surface area contributed by atoms with Crippen molar-refractivity contribution in [1.82, 2.24) is 5.32 Å². The molecule has 0 aromatic heterocycles. The topological polar surface area (TPSA) is 59.9 Å². The third kappa shape index (κ3) is 3.91. The van der Waals surface area contributed by atoms with Gasteiger partial charge in [-0.2, -0.15) is 0 Å². The SMILES string of the molecule is COc1ccc(OC)c(/C=C2\N=C(CCc3ccccc3F)NC2=O)c1. The first-order chi connectivity index (χ1) is 12.6. The number of halogens is 1. The van der Waals surface area contributed by atoms with Crippen molar-refractivity contribution < 1.29 is 18.7 Å². The van der Waals surface area contributed by atoms with Crippen LogP contribution in [0.5, 0.6) is 11.5 Å². The molecule has 0 saturated heterocycles. The lowest BCUT2D eigenvalue weighted by Gasteiger charge is -2.07. The van der Waals surface area contributed by atoms with Crippen molar-refractivity contribution in [3.63, 3.8) is 0 Å². The first-order valence-electron chi connectivity index (χ1n) is 8.16. The number of benzene rings is 2. The minimum absolute atomic E-state index is 0.255. The summed E-state index contributed by atoms with van der Waals surface area (Å²) in [5, 5.41) is 2.73. The van der Waals surface area contributed by atoms with Gasteiger partial charge in [-0.25, -0.2) is 9.38 Å². The Morgan fingerprint density at radius 2 is 1.92 bits per heavy atom. The fourth-order valence-corrected chi connectivity index (χ4v) is 2.69. The van der Waals surface area contributed by atoms with Crippen LogP contribution < -0.4 is 14.8 Å². The molecule has 26 heavy (non-hydrogen) atoms. The smallest absolute Gasteiger partial charge is 0.275 e. The molecule has 6 heteroatoms. The van der Waals surface area contributed by atoms with Crippen LogP contribution >= 0.6 is 0 Å². The zero-order chi connectivity index (χ0) is 18.5. The van der Waals surface area contributed by atoms with E-state index in [1.54, 1.807) is 56.7 Å². The second-order valence-electron chi connectivity index (χ2n) is 5.74. The maximum atomic E-state index is 13.7. The lowest BCUT2D eigenvalue weighted by molar-refractivity contribution is -0.115. The molecule has 0 atom stereocenters. The summed E-state index contributed by atoms with van der Waals surface area (Å²) in [5.74, 6) is 1.24. The number of rotatable bonds is 6. The lowest BCUT2D eigenvalue weighted by atomic mass is 10.1. The molecule has 0 bridgehead atoms. The summed E-state index contributed by atoms with van der Waals surface area (Å²) >= 11 is 0. The quantitative estimate of drug-likeness (QED) is 0.810. The molecule has 134 valence electrons. The van der Waals surface area contributed by atoms with Crippen LogP contribution in [0.2, 0.25) is 0 Å². The number of amides is 1. The molecule has 1 N–H and O–H groups in total. The Labute approximate surface area is 151 Å². The van der Waals surface area contributed by atoms with Crippen LogP contribution in [0.4, 0.5) is 4.39 Å². The molecule has 2 aromatic rings. The molecule has 2 aromatic carbocycles. The highest BCUT2D eigenvalue weighted by Crippen LogP contribution is 2.27. The zero-order valence-corrected chi connectivity index (χ0v) is 14.6. The molecule has 3 rings (SSSR count). The number of hydrogen-bond acceptors (Lipinski definition) is 4. The van der Waals surface area contributed by atoms with E-state index >= 15 is 0 Å². The summed E-state index contributed by atoms with van der Waals surface area (Å²) in [7, 11) is 3.13. The van der Waals surface area contributed by atoms with Gasteiger partial charge in [0.25, 0.3) is 5.91 Å². The van der Waals surface area contributed by atoms with Gasteiger partial charge in [-0.15, -0.1) is 0 Å². The summed E-state index contributed by atoms with van der Waals surface area (Å²) in [5.41, 5.74) is 1.56. The second-order valence-corrected chi connectivity index (χ2v) is 5.74.